The molecule has 5 heteroatoms. The summed E-state index contributed by atoms with van der Waals surface area (Å²) < 4.78 is 4.66. The Morgan fingerprint density at radius 1 is 1.26 bits per heavy atom. The van der Waals surface area contributed by atoms with Gasteiger partial charge in [0.2, 0.25) is 0 Å². The molecule has 5 nitrogen and oxygen atoms in total. The summed E-state index contributed by atoms with van der Waals surface area (Å²) in [6, 6.07) is 6.78. The summed E-state index contributed by atoms with van der Waals surface area (Å²) in [5, 5.41) is 0. The number of nitrogens with zero attached hydrogens (tertiary/aromatic N) is 1. The van der Waals surface area contributed by atoms with Gasteiger partial charge in [-0.25, -0.2) is 0 Å². The van der Waals surface area contributed by atoms with E-state index in [0.717, 1.165) is 0 Å². The van der Waals surface area contributed by atoms with E-state index < -0.39 is 0 Å². The predicted octanol–water partition coefficient (Wildman–Crippen LogP) is 1.09. The van der Waals surface area contributed by atoms with Gasteiger partial charge >= 0.3 is 5.97 Å². The Hall–Kier alpha value is -2.17. The zero-order chi connectivity index (χ0) is 13.6. The fourth-order valence-corrected chi connectivity index (χ4v) is 2.53. The third-order valence-corrected chi connectivity index (χ3v) is 3.72. The van der Waals surface area contributed by atoms with Crippen molar-refractivity contribution in [2.45, 2.75) is 6.42 Å². The minimum atomic E-state index is -0.267. The highest BCUT2D eigenvalue weighted by Crippen LogP contribution is 2.41. The Morgan fingerprint density at radius 2 is 1.84 bits per heavy atom. The molecule has 0 saturated heterocycles. The lowest BCUT2D eigenvalue weighted by Crippen LogP contribution is -2.32. The van der Waals surface area contributed by atoms with Crippen LogP contribution in [-0.4, -0.2) is 36.3 Å². The standard InChI is InChI=1S/C14H13NO4/c1-19-14(18)11-6-8(11)7-15-12(16)9-4-2-3-5-10(9)13(15)17/h2-5,8,11H,6-7H2,1H3/t8-,11-/m0/s1. The number of carbonyl (C=O) groups excluding carboxylic acids is 3. The van der Waals surface area contributed by atoms with Crippen molar-refractivity contribution < 1.29 is 19.1 Å². The summed E-state index contributed by atoms with van der Waals surface area (Å²) in [7, 11) is 1.35. The molecule has 2 atom stereocenters. The van der Waals surface area contributed by atoms with Crippen LogP contribution in [0.3, 0.4) is 0 Å². The van der Waals surface area contributed by atoms with Crippen molar-refractivity contribution in [3.05, 3.63) is 35.4 Å². The second-order valence-electron chi connectivity index (χ2n) is 4.89. The van der Waals surface area contributed by atoms with Gasteiger partial charge in [0.1, 0.15) is 0 Å². The third kappa shape index (κ3) is 1.82. The maximum absolute atomic E-state index is 12.1. The van der Waals surface area contributed by atoms with Crippen LogP contribution < -0.4 is 0 Å². The first-order chi connectivity index (χ1) is 9.13. The van der Waals surface area contributed by atoms with Crippen molar-refractivity contribution in [3.63, 3.8) is 0 Å². The number of ether oxygens (including phenoxy) is 1. The average Bonchev–Trinajstić information content (AvgIpc) is 3.17. The van der Waals surface area contributed by atoms with E-state index in [1.807, 2.05) is 0 Å². The van der Waals surface area contributed by atoms with Crippen molar-refractivity contribution in [2.75, 3.05) is 13.7 Å². The zero-order valence-electron chi connectivity index (χ0n) is 10.5. The lowest BCUT2D eigenvalue weighted by Gasteiger charge is -2.13. The van der Waals surface area contributed by atoms with E-state index in [9.17, 15) is 14.4 Å². The molecule has 0 aromatic heterocycles. The van der Waals surface area contributed by atoms with E-state index in [0.29, 0.717) is 24.1 Å². The topological polar surface area (TPSA) is 63.7 Å². The number of rotatable bonds is 3. The monoisotopic (exact) mass is 259 g/mol. The lowest BCUT2D eigenvalue weighted by atomic mass is 10.1. The van der Waals surface area contributed by atoms with E-state index in [4.69, 9.17) is 0 Å². The minimum Gasteiger partial charge on any atom is -0.469 e. The molecular weight excluding hydrogens is 246 g/mol. The smallest absolute Gasteiger partial charge is 0.309 e. The normalized spacial score (nSPS) is 24.4. The summed E-state index contributed by atoms with van der Waals surface area (Å²) in [5.74, 6) is -0.933. The van der Waals surface area contributed by atoms with Gasteiger partial charge in [0.25, 0.3) is 11.8 Å². The van der Waals surface area contributed by atoms with Crippen LogP contribution in [0.15, 0.2) is 24.3 Å². The van der Waals surface area contributed by atoms with Crippen molar-refractivity contribution in [1.82, 2.24) is 4.90 Å². The van der Waals surface area contributed by atoms with Crippen LogP contribution in [-0.2, 0) is 9.53 Å². The maximum atomic E-state index is 12.1. The number of hydrogen-bond acceptors (Lipinski definition) is 4. The highest BCUT2D eigenvalue weighted by Gasteiger charge is 2.47. The third-order valence-electron chi connectivity index (χ3n) is 3.72. The van der Waals surface area contributed by atoms with E-state index in [2.05, 4.69) is 4.74 Å². The fraction of sp³-hybridized carbons (Fsp3) is 0.357. The quantitative estimate of drug-likeness (QED) is 0.602. The number of hydrogen-bond donors (Lipinski definition) is 0. The van der Waals surface area contributed by atoms with Crippen molar-refractivity contribution >= 4 is 17.8 Å². The van der Waals surface area contributed by atoms with Crippen LogP contribution in [0.2, 0.25) is 0 Å². The Morgan fingerprint density at radius 3 is 2.37 bits per heavy atom. The highest BCUT2D eigenvalue weighted by atomic mass is 16.5. The van der Waals surface area contributed by atoms with Crippen LogP contribution in [0.4, 0.5) is 0 Å². The Balaban J connectivity index is 1.74. The SMILES string of the molecule is COC(=O)[C@H]1C[C@H]1CN1C(=O)c2ccccc2C1=O. The summed E-state index contributed by atoms with van der Waals surface area (Å²) >= 11 is 0. The molecule has 1 aliphatic carbocycles. The fourth-order valence-electron chi connectivity index (χ4n) is 2.53. The Kier molecular flexibility index (Phi) is 2.62. The first-order valence-corrected chi connectivity index (χ1v) is 6.16. The first kappa shape index (κ1) is 11.9. The van der Waals surface area contributed by atoms with Gasteiger partial charge in [-0.2, -0.15) is 0 Å². The molecule has 1 heterocycles. The predicted molar refractivity (Wildman–Crippen MR) is 65.4 cm³/mol. The van der Waals surface area contributed by atoms with Crippen molar-refractivity contribution in [3.8, 4) is 0 Å². The summed E-state index contributed by atoms with van der Waals surface area (Å²) in [6.07, 6.45) is 0.681. The molecule has 0 N–H and O–H groups in total. The molecule has 0 unspecified atom stereocenters. The molecule has 98 valence electrons. The highest BCUT2D eigenvalue weighted by molar-refractivity contribution is 6.21. The van der Waals surface area contributed by atoms with Gasteiger partial charge in [0, 0.05) is 6.54 Å². The second-order valence-corrected chi connectivity index (χ2v) is 4.89. The van der Waals surface area contributed by atoms with E-state index in [-0.39, 0.29) is 29.6 Å². The van der Waals surface area contributed by atoms with Crippen LogP contribution >= 0.6 is 0 Å². The number of benzene rings is 1. The molecule has 0 radical (unpaired) electrons. The van der Waals surface area contributed by atoms with Crippen molar-refractivity contribution in [1.29, 1.82) is 0 Å². The molecule has 0 spiro atoms. The van der Waals surface area contributed by atoms with Gasteiger partial charge in [0.05, 0.1) is 24.2 Å². The van der Waals surface area contributed by atoms with Crippen LogP contribution in [0, 0.1) is 11.8 Å². The van der Waals surface area contributed by atoms with Gasteiger partial charge in [-0.15, -0.1) is 0 Å². The molecule has 1 aromatic carbocycles. The molecular formula is C14H13NO4. The van der Waals surface area contributed by atoms with Gasteiger partial charge in [-0.3, -0.25) is 19.3 Å². The number of amides is 2. The van der Waals surface area contributed by atoms with E-state index >= 15 is 0 Å². The molecule has 1 saturated carbocycles. The van der Waals surface area contributed by atoms with Crippen LogP contribution in [0.1, 0.15) is 27.1 Å². The minimum absolute atomic E-state index is 0.0367. The second kappa shape index (κ2) is 4.19. The molecule has 19 heavy (non-hydrogen) atoms. The molecule has 0 bridgehead atoms. The van der Waals surface area contributed by atoms with Gasteiger partial charge < -0.3 is 4.74 Å². The van der Waals surface area contributed by atoms with E-state index in [1.165, 1.54) is 12.0 Å². The first-order valence-electron chi connectivity index (χ1n) is 6.16. The van der Waals surface area contributed by atoms with Gasteiger partial charge in [-0.1, -0.05) is 12.1 Å². The molecule has 1 aromatic rings. The largest absolute Gasteiger partial charge is 0.469 e. The van der Waals surface area contributed by atoms with Gasteiger partial charge in [-0.05, 0) is 24.5 Å². The summed E-state index contributed by atoms with van der Waals surface area (Å²) in [6.45, 7) is 0.298. The van der Waals surface area contributed by atoms with E-state index in [1.54, 1.807) is 24.3 Å². The molecule has 1 fully saturated rings. The Labute approximate surface area is 110 Å². The zero-order valence-corrected chi connectivity index (χ0v) is 10.5. The Bertz CT molecular complexity index is 546. The maximum Gasteiger partial charge on any atom is 0.309 e. The van der Waals surface area contributed by atoms with Crippen molar-refractivity contribution in [2.24, 2.45) is 11.8 Å². The van der Waals surface area contributed by atoms with Crippen LogP contribution in [0.25, 0.3) is 0 Å². The molecule has 2 amide bonds. The number of methoxy groups -OCH3 is 1. The lowest BCUT2D eigenvalue weighted by molar-refractivity contribution is -0.142. The average molecular weight is 259 g/mol. The number of carbonyl (C=O) groups is 3. The molecule has 1 aliphatic heterocycles. The van der Waals surface area contributed by atoms with Crippen LogP contribution in [0.5, 0.6) is 0 Å². The molecule has 2 aliphatic rings. The number of imide groups is 1. The number of esters is 1. The summed E-state index contributed by atoms with van der Waals surface area (Å²) in [5.41, 5.74) is 0.894. The van der Waals surface area contributed by atoms with Gasteiger partial charge in [0.15, 0.2) is 0 Å². The number of fused-ring (bicyclic) bond motifs is 1. The summed E-state index contributed by atoms with van der Waals surface area (Å²) in [4.78, 5) is 36.8. The molecule has 3 rings (SSSR count).